The van der Waals surface area contributed by atoms with Gasteiger partial charge in [-0.1, -0.05) is 27.7 Å². The highest BCUT2D eigenvalue weighted by Gasteiger charge is 2.35. The molecule has 1 saturated carbocycles. The van der Waals surface area contributed by atoms with Gasteiger partial charge in [0.25, 0.3) is 0 Å². The van der Waals surface area contributed by atoms with E-state index in [-0.39, 0.29) is 12.0 Å². The molecule has 1 N–H and O–H groups in total. The first-order valence-corrected chi connectivity index (χ1v) is 8.01. The molecule has 0 aromatic carbocycles. The molecule has 0 spiro atoms. The Labute approximate surface area is 126 Å². The Morgan fingerprint density at radius 1 is 1.14 bits per heavy atom. The maximum atomic E-state index is 12.1. The number of rotatable bonds is 6. The van der Waals surface area contributed by atoms with Crippen LogP contribution in [0.4, 0.5) is 13.2 Å². The van der Waals surface area contributed by atoms with Gasteiger partial charge in [0.15, 0.2) is 0 Å². The molecule has 3 atom stereocenters. The van der Waals surface area contributed by atoms with Crippen molar-refractivity contribution < 1.29 is 17.9 Å². The van der Waals surface area contributed by atoms with Crippen molar-refractivity contribution in [1.29, 1.82) is 0 Å². The van der Waals surface area contributed by atoms with E-state index in [1.54, 1.807) is 0 Å². The van der Waals surface area contributed by atoms with Crippen LogP contribution in [0.1, 0.15) is 53.4 Å². The summed E-state index contributed by atoms with van der Waals surface area (Å²) in [4.78, 5) is 0. The van der Waals surface area contributed by atoms with E-state index in [0.29, 0.717) is 24.3 Å². The normalized spacial score (nSPS) is 27.9. The highest BCUT2D eigenvalue weighted by Crippen LogP contribution is 2.41. The van der Waals surface area contributed by atoms with Crippen LogP contribution in [-0.4, -0.2) is 32.0 Å². The Hall–Kier alpha value is -0.290. The summed E-state index contributed by atoms with van der Waals surface area (Å²) in [5.41, 5.74) is 0.266. The number of ether oxygens (including phenoxy) is 1. The average Bonchev–Trinajstić information content (AvgIpc) is 2.34. The molecule has 1 aliphatic carbocycles. The lowest BCUT2D eigenvalue weighted by Gasteiger charge is -2.42. The second-order valence-electron chi connectivity index (χ2n) is 7.26. The Morgan fingerprint density at radius 3 is 2.33 bits per heavy atom. The van der Waals surface area contributed by atoms with Crippen LogP contribution >= 0.6 is 0 Å². The summed E-state index contributed by atoms with van der Waals surface area (Å²) in [6.45, 7) is 8.81. The summed E-state index contributed by atoms with van der Waals surface area (Å²) in [6.07, 6.45) is -0.126. The Morgan fingerprint density at radius 2 is 1.81 bits per heavy atom. The molecule has 3 unspecified atom stereocenters. The molecule has 126 valence electrons. The molecule has 0 bridgehead atoms. The van der Waals surface area contributed by atoms with Gasteiger partial charge >= 0.3 is 6.18 Å². The predicted molar refractivity (Wildman–Crippen MR) is 79.2 cm³/mol. The van der Waals surface area contributed by atoms with E-state index in [0.717, 1.165) is 19.4 Å². The van der Waals surface area contributed by atoms with Crippen LogP contribution in [0.5, 0.6) is 0 Å². The molecule has 0 aromatic heterocycles. The van der Waals surface area contributed by atoms with E-state index in [1.165, 1.54) is 6.42 Å². The van der Waals surface area contributed by atoms with E-state index >= 15 is 0 Å². The average molecular weight is 309 g/mol. The van der Waals surface area contributed by atoms with Gasteiger partial charge < -0.3 is 10.1 Å². The Kier molecular flexibility index (Phi) is 6.98. The summed E-state index contributed by atoms with van der Waals surface area (Å²) in [5, 5.41) is 3.49. The fraction of sp³-hybridized carbons (Fsp3) is 1.00. The molecular formula is C16H30F3NO. The number of hydrogen-bond acceptors (Lipinski definition) is 2. The quantitative estimate of drug-likeness (QED) is 0.734. The smallest absolute Gasteiger partial charge is 0.372 e. The van der Waals surface area contributed by atoms with Gasteiger partial charge in [0.05, 0.1) is 0 Å². The minimum absolute atomic E-state index is 0.197. The fourth-order valence-corrected chi connectivity index (χ4v) is 3.32. The summed E-state index contributed by atoms with van der Waals surface area (Å²) in [6, 6.07) is 0.420. The van der Waals surface area contributed by atoms with Gasteiger partial charge in [-0.2, -0.15) is 13.2 Å². The van der Waals surface area contributed by atoms with Crippen LogP contribution in [0, 0.1) is 17.3 Å². The van der Waals surface area contributed by atoms with Gasteiger partial charge in [0.2, 0.25) is 0 Å². The van der Waals surface area contributed by atoms with Crippen molar-refractivity contribution in [2.75, 3.05) is 19.8 Å². The largest absolute Gasteiger partial charge is 0.411 e. The summed E-state index contributed by atoms with van der Waals surface area (Å²) in [5.74, 6) is 1.05. The number of hydrogen-bond donors (Lipinski definition) is 1. The molecule has 0 radical (unpaired) electrons. The zero-order chi connectivity index (χ0) is 16.1. The van der Waals surface area contributed by atoms with Gasteiger partial charge in [-0.3, -0.25) is 0 Å². The molecular weight excluding hydrogens is 279 g/mol. The van der Waals surface area contributed by atoms with Crippen molar-refractivity contribution in [2.45, 2.75) is 65.6 Å². The highest BCUT2D eigenvalue weighted by molar-refractivity contribution is 4.88. The van der Waals surface area contributed by atoms with Crippen LogP contribution in [0.25, 0.3) is 0 Å². The molecule has 5 heteroatoms. The van der Waals surface area contributed by atoms with Crippen LogP contribution < -0.4 is 5.32 Å². The zero-order valence-electron chi connectivity index (χ0n) is 13.7. The number of alkyl halides is 3. The van der Waals surface area contributed by atoms with Crippen molar-refractivity contribution in [2.24, 2.45) is 17.3 Å². The molecule has 0 amide bonds. The zero-order valence-corrected chi connectivity index (χ0v) is 13.7. The van der Waals surface area contributed by atoms with Crippen molar-refractivity contribution in [3.8, 4) is 0 Å². The van der Waals surface area contributed by atoms with E-state index in [4.69, 9.17) is 4.74 Å². The first-order chi connectivity index (χ1) is 9.63. The van der Waals surface area contributed by atoms with Crippen LogP contribution in [0.2, 0.25) is 0 Å². The molecule has 0 aliphatic heterocycles. The standard InChI is InChI=1S/C16H30F3NO/c1-5-20-14-7-6-13(15(2,3)4)10-12(14)8-9-21-11-16(17,18)19/h12-14,20H,5-11H2,1-4H3. The van der Waals surface area contributed by atoms with E-state index in [9.17, 15) is 13.2 Å². The topological polar surface area (TPSA) is 21.3 Å². The van der Waals surface area contributed by atoms with Crippen molar-refractivity contribution in [1.82, 2.24) is 5.32 Å². The third kappa shape index (κ3) is 7.00. The number of halogens is 3. The monoisotopic (exact) mass is 309 g/mol. The van der Waals surface area contributed by atoms with E-state index in [2.05, 4.69) is 33.0 Å². The molecule has 0 saturated heterocycles. The molecule has 0 heterocycles. The van der Waals surface area contributed by atoms with Crippen molar-refractivity contribution in [3.05, 3.63) is 0 Å². The second-order valence-corrected chi connectivity index (χ2v) is 7.26. The third-order valence-corrected chi connectivity index (χ3v) is 4.57. The predicted octanol–water partition coefficient (Wildman–Crippen LogP) is 4.40. The van der Waals surface area contributed by atoms with E-state index in [1.807, 2.05) is 0 Å². The van der Waals surface area contributed by atoms with Crippen LogP contribution in [-0.2, 0) is 4.74 Å². The van der Waals surface area contributed by atoms with Gasteiger partial charge in [0.1, 0.15) is 6.61 Å². The molecule has 1 rings (SSSR count). The lowest BCUT2D eigenvalue weighted by molar-refractivity contribution is -0.174. The lowest BCUT2D eigenvalue weighted by atomic mass is 9.67. The first kappa shape index (κ1) is 18.8. The van der Waals surface area contributed by atoms with Gasteiger partial charge in [-0.15, -0.1) is 0 Å². The number of nitrogens with one attached hydrogen (secondary N) is 1. The minimum atomic E-state index is -4.22. The van der Waals surface area contributed by atoms with Gasteiger partial charge in [0, 0.05) is 12.6 Å². The van der Waals surface area contributed by atoms with Crippen LogP contribution in [0.3, 0.4) is 0 Å². The summed E-state index contributed by atoms with van der Waals surface area (Å²) >= 11 is 0. The van der Waals surface area contributed by atoms with Gasteiger partial charge in [-0.05, 0) is 49.5 Å². The molecule has 1 aliphatic rings. The fourth-order valence-electron chi connectivity index (χ4n) is 3.32. The van der Waals surface area contributed by atoms with Crippen LogP contribution in [0.15, 0.2) is 0 Å². The first-order valence-electron chi connectivity index (χ1n) is 8.01. The Bertz CT molecular complexity index is 299. The molecule has 2 nitrogen and oxygen atoms in total. The highest BCUT2D eigenvalue weighted by atomic mass is 19.4. The van der Waals surface area contributed by atoms with Gasteiger partial charge in [-0.25, -0.2) is 0 Å². The van der Waals surface area contributed by atoms with Crippen molar-refractivity contribution in [3.63, 3.8) is 0 Å². The van der Waals surface area contributed by atoms with E-state index < -0.39 is 12.8 Å². The van der Waals surface area contributed by atoms with Crippen molar-refractivity contribution >= 4 is 0 Å². The molecule has 21 heavy (non-hydrogen) atoms. The maximum Gasteiger partial charge on any atom is 0.411 e. The Balaban J connectivity index is 2.47. The lowest BCUT2D eigenvalue weighted by Crippen LogP contribution is -2.43. The molecule has 0 aromatic rings. The molecule has 1 fully saturated rings. The SMILES string of the molecule is CCNC1CCC(C(C)(C)C)CC1CCOCC(F)(F)F. The maximum absolute atomic E-state index is 12.1. The third-order valence-electron chi connectivity index (χ3n) is 4.57. The minimum Gasteiger partial charge on any atom is -0.372 e. The summed E-state index contributed by atoms with van der Waals surface area (Å²) < 4.78 is 41.1. The summed E-state index contributed by atoms with van der Waals surface area (Å²) in [7, 11) is 0. The second kappa shape index (κ2) is 7.82.